The zero-order valence-corrected chi connectivity index (χ0v) is 23.6. The zero-order chi connectivity index (χ0) is 24.9. The molecular formula is C28H36Cl2N4O4. The van der Waals surface area contributed by atoms with E-state index in [1.54, 1.807) is 12.1 Å². The Morgan fingerprint density at radius 3 is 2.42 bits per heavy atom. The van der Waals surface area contributed by atoms with Gasteiger partial charge in [-0.3, -0.25) is 4.90 Å². The predicted molar refractivity (Wildman–Crippen MR) is 150 cm³/mol. The van der Waals surface area contributed by atoms with Crippen LogP contribution >= 0.6 is 24.8 Å². The number of benzene rings is 2. The van der Waals surface area contributed by atoms with E-state index in [0.29, 0.717) is 37.0 Å². The number of hydrogen-bond acceptors (Lipinski definition) is 8. The van der Waals surface area contributed by atoms with Gasteiger partial charge >= 0.3 is 0 Å². The maximum atomic E-state index is 9.05. The fourth-order valence-electron chi connectivity index (χ4n) is 5.08. The molecule has 0 amide bonds. The maximum Gasteiger partial charge on any atom is 0.175 e. The fourth-order valence-corrected chi connectivity index (χ4v) is 5.08. The first kappa shape index (κ1) is 30.2. The summed E-state index contributed by atoms with van der Waals surface area (Å²) in [5.74, 6) is 2.12. The lowest BCUT2D eigenvalue weighted by Crippen LogP contribution is -2.39. The topological polar surface area (TPSA) is 84.0 Å². The van der Waals surface area contributed by atoms with E-state index in [9.17, 15) is 0 Å². The normalized spacial score (nSPS) is 16.8. The second-order valence-corrected chi connectivity index (χ2v) is 9.98. The summed E-state index contributed by atoms with van der Waals surface area (Å²) in [7, 11) is 4.05. The van der Waals surface area contributed by atoms with Gasteiger partial charge in [0, 0.05) is 18.5 Å². The molecular weight excluding hydrogens is 527 g/mol. The first-order chi connectivity index (χ1) is 17.6. The first-order valence-electron chi connectivity index (χ1n) is 12.8. The highest BCUT2D eigenvalue weighted by atomic mass is 35.5. The predicted octanol–water partition coefficient (Wildman–Crippen LogP) is 5.41. The van der Waals surface area contributed by atoms with Crippen LogP contribution in [0.1, 0.15) is 36.1 Å². The summed E-state index contributed by atoms with van der Waals surface area (Å²) in [6.07, 6.45) is 4.35. The molecule has 3 heterocycles. The molecule has 2 fully saturated rings. The Kier molecular flexibility index (Phi) is 11.2. The lowest BCUT2D eigenvalue weighted by Gasteiger charge is -2.32. The first-order valence-corrected chi connectivity index (χ1v) is 12.8. The summed E-state index contributed by atoms with van der Waals surface area (Å²) in [4.78, 5) is 4.55. The fraction of sp³-hybridized carbons (Fsp3) is 0.500. The number of aryl methyl sites for hydroxylation is 1. The van der Waals surface area contributed by atoms with Crippen LogP contribution in [0.2, 0.25) is 0 Å². The lowest BCUT2D eigenvalue weighted by molar-refractivity contribution is -0.0661. The van der Waals surface area contributed by atoms with Crippen LogP contribution in [0.25, 0.3) is 11.0 Å². The summed E-state index contributed by atoms with van der Waals surface area (Å²) in [6.45, 7) is 5.16. The summed E-state index contributed by atoms with van der Waals surface area (Å²) in [6, 6.07) is 13.3. The van der Waals surface area contributed by atoms with Crippen LogP contribution < -0.4 is 4.74 Å². The van der Waals surface area contributed by atoms with E-state index < -0.39 is 0 Å². The van der Waals surface area contributed by atoms with Crippen molar-refractivity contribution < 1.29 is 18.7 Å². The molecule has 0 radical (unpaired) electrons. The Labute approximate surface area is 236 Å². The van der Waals surface area contributed by atoms with Crippen LogP contribution in [0.3, 0.4) is 0 Å². The second-order valence-electron chi connectivity index (χ2n) is 9.98. The number of nitriles is 1. The maximum absolute atomic E-state index is 9.05. The molecule has 2 aliphatic rings. The molecule has 1 aromatic heterocycles. The quantitative estimate of drug-likeness (QED) is 0.342. The molecule has 0 aliphatic carbocycles. The van der Waals surface area contributed by atoms with E-state index in [-0.39, 0.29) is 31.1 Å². The molecule has 206 valence electrons. The van der Waals surface area contributed by atoms with E-state index in [0.717, 1.165) is 60.5 Å². The molecule has 0 bridgehead atoms. The molecule has 2 saturated heterocycles. The monoisotopic (exact) mass is 562 g/mol. The third-order valence-corrected chi connectivity index (χ3v) is 7.06. The van der Waals surface area contributed by atoms with Crippen LogP contribution in [0.5, 0.6) is 11.5 Å². The summed E-state index contributed by atoms with van der Waals surface area (Å²) in [5.41, 5.74) is 3.39. The van der Waals surface area contributed by atoms with Crippen molar-refractivity contribution >= 4 is 35.8 Å². The Hall–Kier alpha value is -2.38. The van der Waals surface area contributed by atoms with Gasteiger partial charge in [-0.2, -0.15) is 5.26 Å². The van der Waals surface area contributed by atoms with Crippen molar-refractivity contribution in [2.24, 2.45) is 5.92 Å². The molecule has 0 unspecified atom stereocenters. The second kappa shape index (κ2) is 14.1. The van der Waals surface area contributed by atoms with Crippen molar-refractivity contribution in [3.05, 3.63) is 53.2 Å². The molecule has 0 spiro atoms. The average Bonchev–Trinajstić information content (AvgIpc) is 3.55. The van der Waals surface area contributed by atoms with Crippen LogP contribution in [-0.4, -0.2) is 68.2 Å². The number of piperidine rings is 1. The number of rotatable bonds is 9. The SMILES string of the molecule is CN(C)Cc1c(Oc2ccc(C#N)cc2)ccc2c(CCC3CCN(CC4OCCO4)CC3)noc12.Cl.Cl. The van der Waals surface area contributed by atoms with Crippen molar-refractivity contribution in [1.82, 2.24) is 15.0 Å². The Morgan fingerprint density at radius 1 is 1.05 bits per heavy atom. The van der Waals surface area contributed by atoms with Crippen molar-refractivity contribution in [2.75, 3.05) is 46.9 Å². The van der Waals surface area contributed by atoms with E-state index >= 15 is 0 Å². The number of halogens is 2. The molecule has 0 N–H and O–H groups in total. The van der Waals surface area contributed by atoms with Crippen molar-refractivity contribution in [2.45, 2.75) is 38.5 Å². The standard InChI is InChI=1S/C28H34N4O4.2ClH/c1-31(2)18-24-26(35-22-6-3-21(17-29)4-7-22)10-8-23-25(30-36-28(23)24)9-5-20-11-13-32(14-12-20)19-27-33-15-16-34-27;;/h3-4,6-8,10,20,27H,5,9,11-16,18-19H2,1-2H3;2*1H. The van der Waals surface area contributed by atoms with Gasteiger partial charge in [0.25, 0.3) is 0 Å². The molecule has 2 aromatic carbocycles. The highest BCUT2D eigenvalue weighted by Gasteiger charge is 2.25. The molecule has 0 atom stereocenters. The van der Waals surface area contributed by atoms with E-state index in [1.165, 1.54) is 12.8 Å². The summed E-state index contributed by atoms with van der Waals surface area (Å²) < 4.78 is 23.3. The number of nitrogens with zero attached hydrogens (tertiary/aromatic N) is 4. The van der Waals surface area contributed by atoms with Gasteiger partial charge in [-0.1, -0.05) is 5.16 Å². The van der Waals surface area contributed by atoms with Crippen molar-refractivity contribution in [3.8, 4) is 17.6 Å². The van der Waals surface area contributed by atoms with Gasteiger partial charge < -0.3 is 23.6 Å². The smallest absolute Gasteiger partial charge is 0.175 e. The number of ether oxygens (including phenoxy) is 3. The summed E-state index contributed by atoms with van der Waals surface area (Å²) in [5, 5.41) is 14.6. The molecule has 0 saturated carbocycles. The third-order valence-electron chi connectivity index (χ3n) is 7.06. The van der Waals surface area contributed by atoms with Crippen LogP contribution in [0, 0.1) is 17.2 Å². The van der Waals surface area contributed by atoms with Crippen LogP contribution in [-0.2, 0) is 22.4 Å². The van der Waals surface area contributed by atoms with Gasteiger partial charge in [0.15, 0.2) is 11.9 Å². The van der Waals surface area contributed by atoms with Crippen LogP contribution in [0.15, 0.2) is 40.9 Å². The lowest BCUT2D eigenvalue weighted by atomic mass is 9.91. The van der Waals surface area contributed by atoms with Gasteiger partial charge in [0.2, 0.25) is 0 Å². The largest absolute Gasteiger partial charge is 0.457 e. The molecule has 10 heteroatoms. The third kappa shape index (κ3) is 7.38. The summed E-state index contributed by atoms with van der Waals surface area (Å²) >= 11 is 0. The van der Waals surface area contributed by atoms with Crippen LogP contribution in [0.4, 0.5) is 0 Å². The van der Waals surface area contributed by atoms with E-state index in [4.69, 9.17) is 24.0 Å². The minimum atomic E-state index is -0.0508. The highest BCUT2D eigenvalue weighted by molar-refractivity contribution is 5.86. The van der Waals surface area contributed by atoms with Gasteiger partial charge in [-0.25, -0.2) is 0 Å². The van der Waals surface area contributed by atoms with Crippen molar-refractivity contribution in [1.29, 1.82) is 5.26 Å². The molecule has 38 heavy (non-hydrogen) atoms. The van der Waals surface area contributed by atoms with Gasteiger partial charge in [0.1, 0.15) is 11.5 Å². The minimum absolute atomic E-state index is 0. The minimum Gasteiger partial charge on any atom is -0.457 e. The number of fused-ring (bicyclic) bond motifs is 1. The van der Waals surface area contributed by atoms with Gasteiger partial charge in [-0.15, -0.1) is 24.8 Å². The van der Waals surface area contributed by atoms with E-state index in [2.05, 4.69) is 27.1 Å². The Balaban J connectivity index is 0.00000200. The highest BCUT2D eigenvalue weighted by Crippen LogP contribution is 2.35. The average molecular weight is 564 g/mol. The zero-order valence-electron chi connectivity index (χ0n) is 21.9. The van der Waals surface area contributed by atoms with Gasteiger partial charge in [0.05, 0.1) is 36.1 Å². The Morgan fingerprint density at radius 2 is 1.76 bits per heavy atom. The molecule has 2 aliphatic heterocycles. The van der Waals surface area contributed by atoms with Crippen molar-refractivity contribution in [3.63, 3.8) is 0 Å². The number of aromatic nitrogens is 1. The molecule has 5 rings (SSSR count). The number of hydrogen-bond donors (Lipinski definition) is 0. The van der Waals surface area contributed by atoms with E-state index in [1.807, 2.05) is 32.3 Å². The Bertz CT molecular complexity index is 1200. The number of likely N-dealkylation sites (tertiary alicyclic amines) is 1. The van der Waals surface area contributed by atoms with Gasteiger partial charge in [-0.05, 0) is 95.2 Å². The molecule has 8 nitrogen and oxygen atoms in total. The molecule has 3 aromatic rings.